The van der Waals surface area contributed by atoms with Crippen molar-refractivity contribution >= 4 is 16.7 Å². The molecule has 4 heterocycles. The number of piperazine rings is 1. The Morgan fingerprint density at radius 3 is 2.73 bits per heavy atom. The van der Waals surface area contributed by atoms with Crippen molar-refractivity contribution in [3.8, 4) is 11.4 Å². The fraction of sp³-hybridized carbons (Fsp3) is 0.368. The van der Waals surface area contributed by atoms with Crippen LogP contribution in [0, 0.1) is 5.95 Å². The number of halogens is 1. The third-order valence-corrected chi connectivity index (χ3v) is 5.04. The largest absolute Gasteiger partial charge is 0.353 e. The number of pyridine rings is 2. The maximum Gasteiger partial charge on any atom is 0.213 e. The summed E-state index contributed by atoms with van der Waals surface area (Å²) >= 11 is 0. The average Bonchev–Trinajstić information content (AvgIpc) is 3.52. The van der Waals surface area contributed by atoms with Crippen molar-refractivity contribution in [1.82, 2.24) is 25.3 Å². The van der Waals surface area contributed by atoms with Gasteiger partial charge in [-0.2, -0.15) is 4.39 Å². The zero-order valence-electron chi connectivity index (χ0n) is 14.3. The van der Waals surface area contributed by atoms with E-state index in [0.29, 0.717) is 17.3 Å². The summed E-state index contributed by atoms with van der Waals surface area (Å²) in [6.45, 7) is 3.63. The van der Waals surface area contributed by atoms with Gasteiger partial charge in [-0.05, 0) is 30.4 Å². The van der Waals surface area contributed by atoms with Gasteiger partial charge in [-0.25, -0.2) is 15.0 Å². The standard InChI is InChI=1S/C19H19FN6/c20-16-9-13(3-4-23-16)18-24-15-11-22-10-14(12-1-2-12)17(15)19(25-18)26-7-5-21-6-8-26/h3-4,9-12,21H,1-2,5-8H2. The Morgan fingerprint density at radius 1 is 1.12 bits per heavy atom. The fourth-order valence-corrected chi connectivity index (χ4v) is 3.57. The van der Waals surface area contributed by atoms with Gasteiger partial charge in [-0.15, -0.1) is 0 Å². The van der Waals surface area contributed by atoms with Crippen molar-refractivity contribution in [2.45, 2.75) is 18.8 Å². The van der Waals surface area contributed by atoms with Crippen LogP contribution in [0.1, 0.15) is 24.3 Å². The van der Waals surface area contributed by atoms with E-state index in [-0.39, 0.29) is 0 Å². The van der Waals surface area contributed by atoms with Crippen LogP contribution >= 0.6 is 0 Å². The van der Waals surface area contributed by atoms with Gasteiger partial charge in [0.05, 0.1) is 11.7 Å². The number of rotatable bonds is 3. The minimum absolute atomic E-state index is 0.516. The van der Waals surface area contributed by atoms with E-state index in [9.17, 15) is 4.39 Å². The van der Waals surface area contributed by atoms with Crippen molar-refractivity contribution in [1.29, 1.82) is 0 Å². The first-order chi connectivity index (χ1) is 12.8. The Kier molecular flexibility index (Phi) is 3.74. The van der Waals surface area contributed by atoms with Crippen molar-refractivity contribution < 1.29 is 4.39 Å². The number of aromatic nitrogens is 4. The lowest BCUT2D eigenvalue weighted by Crippen LogP contribution is -2.44. The van der Waals surface area contributed by atoms with E-state index < -0.39 is 5.95 Å². The minimum Gasteiger partial charge on any atom is -0.353 e. The second-order valence-electron chi connectivity index (χ2n) is 6.87. The molecule has 7 heteroatoms. The Balaban J connectivity index is 1.73. The van der Waals surface area contributed by atoms with Gasteiger partial charge in [-0.1, -0.05) is 0 Å². The van der Waals surface area contributed by atoms with Gasteiger partial charge in [0.1, 0.15) is 5.82 Å². The molecule has 2 fully saturated rings. The predicted molar refractivity (Wildman–Crippen MR) is 97.6 cm³/mol. The first-order valence-electron chi connectivity index (χ1n) is 9.03. The third kappa shape index (κ3) is 2.78. The van der Waals surface area contributed by atoms with Crippen molar-refractivity contribution in [3.63, 3.8) is 0 Å². The molecule has 0 unspecified atom stereocenters. The lowest BCUT2D eigenvalue weighted by molar-refractivity contribution is 0.583. The van der Waals surface area contributed by atoms with Crippen molar-refractivity contribution in [2.75, 3.05) is 31.1 Å². The minimum atomic E-state index is -0.528. The molecule has 26 heavy (non-hydrogen) atoms. The van der Waals surface area contributed by atoms with E-state index in [1.807, 2.05) is 6.20 Å². The summed E-state index contributed by atoms with van der Waals surface area (Å²) < 4.78 is 13.6. The molecule has 3 aromatic rings. The first-order valence-corrected chi connectivity index (χ1v) is 9.03. The summed E-state index contributed by atoms with van der Waals surface area (Å²) in [5.41, 5.74) is 2.70. The Bertz CT molecular complexity index is 965. The molecule has 2 aliphatic rings. The molecule has 1 saturated carbocycles. The van der Waals surface area contributed by atoms with Gasteiger partial charge in [0.15, 0.2) is 5.82 Å². The SMILES string of the molecule is Fc1cc(-c2nc(N3CCNCC3)c3c(C4CC4)cncc3n2)ccn1. The van der Waals surface area contributed by atoms with Gasteiger partial charge in [0, 0.05) is 55.6 Å². The van der Waals surface area contributed by atoms with Gasteiger partial charge >= 0.3 is 0 Å². The summed E-state index contributed by atoms with van der Waals surface area (Å²) in [5, 5.41) is 4.48. The van der Waals surface area contributed by atoms with Crippen molar-refractivity contribution in [2.24, 2.45) is 0 Å². The molecule has 0 spiro atoms. The lowest BCUT2D eigenvalue weighted by Gasteiger charge is -2.30. The van der Waals surface area contributed by atoms with Crippen molar-refractivity contribution in [3.05, 3.63) is 42.2 Å². The van der Waals surface area contributed by atoms with E-state index in [2.05, 4.69) is 20.2 Å². The van der Waals surface area contributed by atoms with E-state index in [4.69, 9.17) is 9.97 Å². The molecule has 3 aromatic heterocycles. The summed E-state index contributed by atoms with van der Waals surface area (Å²) in [6, 6.07) is 3.12. The van der Waals surface area contributed by atoms with Gasteiger partial charge < -0.3 is 10.2 Å². The zero-order valence-corrected chi connectivity index (χ0v) is 14.3. The van der Waals surface area contributed by atoms with E-state index in [1.54, 1.807) is 12.3 Å². The number of hydrogen-bond donors (Lipinski definition) is 1. The molecule has 132 valence electrons. The molecule has 0 atom stereocenters. The van der Waals surface area contributed by atoms with Crippen LogP contribution in [0.3, 0.4) is 0 Å². The molecule has 1 N–H and O–H groups in total. The Morgan fingerprint density at radius 2 is 1.96 bits per heavy atom. The maximum absolute atomic E-state index is 13.6. The van der Waals surface area contributed by atoms with Crippen LogP contribution in [0.4, 0.5) is 10.2 Å². The summed E-state index contributed by atoms with van der Waals surface area (Å²) in [5.74, 6) is 1.48. The topological polar surface area (TPSA) is 66.8 Å². The molecule has 0 aromatic carbocycles. The van der Waals surface area contributed by atoms with Gasteiger partial charge in [0.25, 0.3) is 0 Å². The summed E-state index contributed by atoms with van der Waals surface area (Å²) in [4.78, 5) is 19.9. The maximum atomic E-state index is 13.6. The predicted octanol–water partition coefficient (Wildman–Crippen LogP) is 2.51. The quantitative estimate of drug-likeness (QED) is 0.732. The second kappa shape index (κ2) is 6.25. The smallest absolute Gasteiger partial charge is 0.213 e. The van der Waals surface area contributed by atoms with Crippen LogP contribution in [-0.4, -0.2) is 46.1 Å². The number of fused-ring (bicyclic) bond motifs is 1. The molecule has 1 aliphatic heterocycles. The highest BCUT2D eigenvalue weighted by Crippen LogP contribution is 2.44. The van der Waals surface area contributed by atoms with Crippen LogP contribution in [0.5, 0.6) is 0 Å². The van der Waals surface area contributed by atoms with Gasteiger partial charge in [0.2, 0.25) is 5.95 Å². The molecule has 1 saturated heterocycles. The molecule has 6 nitrogen and oxygen atoms in total. The molecule has 0 radical (unpaired) electrons. The Labute approximate surface area is 150 Å². The highest BCUT2D eigenvalue weighted by Gasteiger charge is 2.29. The van der Waals surface area contributed by atoms with Gasteiger partial charge in [-0.3, -0.25) is 4.98 Å². The van der Waals surface area contributed by atoms with Crippen LogP contribution in [0.25, 0.3) is 22.3 Å². The second-order valence-corrected chi connectivity index (χ2v) is 6.87. The average molecular weight is 350 g/mol. The summed E-state index contributed by atoms with van der Waals surface area (Å²) in [6.07, 6.45) is 7.58. The van der Waals surface area contributed by atoms with Crippen LogP contribution < -0.4 is 10.2 Å². The van der Waals surface area contributed by atoms with E-state index in [1.165, 1.54) is 30.7 Å². The molecule has 5 rings (SSSR count). The molecule has 1 aliphatic carbocycles. The van der Waals surface area contributed by atoms with Crippen LogP contribution in [-0.2, 0) is 0 Å². The zero-order chi connectivity index (χ0) is 17.5. The summed E-state index contributed by atoms with van der Waals surface area (Å²) in [7, 11) is 0. The Hall–Kier alpha value is -2.67. The van der Waals surface area contributed by atoms with Crippen LogP contribution in [0.15, 0.2) is 30.7 Å². The molecule has 0 amide bonds. The normalized spacial score (nSPS) is 17.7. The monoisotopic (exact) mass is 350 g/mol. The number of hydrogen-bond acceptors (Lipinski definition) is 6. The number of nitrogens with one attached hydrogen (secondary N) is 1. The van der Waals surface area contributed by atoms with Crippen LogP contribution in [0.2, 0.25) is 0 Å². The van der Waals surface area contributed by atoms with E-state index >= 15 is 0 Å². The third-order valence-electron chi connectivity index (χ3n) is 5.04. The highest BCUT2D eigenvalue weighted by molar-refractivity contribution is 5.94. The first kappa shape index (κ1) is 15.6. The molecular weight excluding hydrogens is 331 g/mol. The molecular formula is C19H19FN6. The highest BCUT2D eigenvalue weighted by atomic mass is 19.1. The molecule has 0 bridgehead atoms. The number of anilines is 1. The lowest BCUT2D eigenvalue weighted by atomic mass is 10.1. The number of nitrogens with zero attached hydrogens (tertiary/aromatic N) is 5. The fourth-order valence-electron chi connectivity index (χ4n) is 3.57. The van der Waals surface area contributed by atoms with E-state index in [0.717, 1.165) is 42.9 Å².